The van der Waals surface area contributed by atoms with E-state index in [2.05, 4.69) is 12.2 Å². The quantitative estimate of drug-likeness (QED) is 0.495. The second kappa shape index (κ2) is 8.18. The molecular weight excluding hydrogens is 236 g/mol. The van der Waals surface area contributed by atoms with Gasteiger partial charge in [0.15, 0.2) is 0 Å². The summed E-state index contributed by atoms with van der Waals surface area (Å²) in [6.45, 7) is 8.81. The predicted octanol–water partition coefficient (Wildman–Crippen LogP) is 0.583. The Hall–Kier alpha value is 0.0169. The number of rotatable bonds is 8. The van der Waals surface area contributed by atoms with Crippen molar-refractivity contribution in [3.63, 3.8) is 0 Å². The van der Waals surface area contributed by atoms with Gasteiger partial charge in [-0.1, -0.05) is 6.92 Å². The average Bonchev–Trinajstić information content (AvgIpc) is 2.33. The van der Waals surface area contributed by atoms with Crippen molar-refractivity contribution in [1.82, 2.24) is 5.32 Å². The monoisotopic (exact) mass is 262 g/mol. The molecule has 5 nitrogen and oxygen atoms in total. The van der Waals surface area contributed by atoms with Crippen molar-refractivity contribution in [2.75, 3.05) is 39.5 Å². The van der Waals surface area contributed by atoms with Gasteiger partial charge in [0, 0.05) is 44.9 Å². The van der Waals surface area contributed by atoms with E-state index in [4.69, 9.17) is 19.0 Å². The van der Waals surface area contributed by atoms with E-state index in [1.165, 1.54) is 0 Å². The first-order valence-corrected chi connectivity index (χ1v) is 8.48. The van der Waals surface area contributed by atoms with E-state index in [9.17, 15) is 0 Å². The molecule has 0 saturated carbocycles. The number of hydrogen-bond donors (Lipinski definition) is 2. The summed E-state index contributed by atoms with van der Waals surface area (Å²) in [5.41, 5.74) is 5.41. The maximum Gasteiger partial charge on any atom is 0.501 e. The second-order valence-electron chi connectivity index (χ2n) is 4.49. The van der Waals surface area contributed by atoms with Crippen LogP contribution in [-0.2, 0) is 13.3 Å². The van der Waals surface area contributed by atoms with E-state index in [0.717, 1.165) is 38.8 Å². The van der Waals surface area contributed by atoms with Crippen LogP contribution in [-0.4, -0.2) is 48.3 Å². The molecule has 1 fully saturated rings. The first kappa shape index (κ1) is 15.1. The number of nitrogens with one attached hydrogen (secondary N) is 1. The molecule has 1 heterocycles. The van der Waals surface area contributed by atoms with Gasteiger partial charge in [-0.05, 0) is 19.9 Å². The Kier molecular flexibility index (Phi) is 7.25. The fourth-order valence-electron chi connectivity index (χ4n) is 1.80. The largest absolute Gasteiger partial charge is 0.501 e. The molecule has 3 N–H and O–H groups in total. The van der Waals surface area contributed by atoms with Crippen LogP contribution in [0.3, 0.4) is 0 Å². The molecule has 0 bridgehead atoms. The SMILES string of the molecule is CCO[Si]1(CCCNCCN)OCC(C)CO1. The molecule has 0 radical (unpaired) electrons. The van der Waals surface area contributed by atoms with Crippen molar-refractivity contribution in [3.05, 3.63) is 0 Å². The topological polar surface area (TPSA) is 65.7 Å². The van der Waals surface area contributed by atoms with Crippen LogP contribution < -0.4 is 11.1 Å². The highest BCUT2D eigenvalue weighted by molar-refractivity contribution is 6.60. The first-order chi connectivity index (χ1) is 8.22. The van der Waals surface area contributed by atoms with E-state index in [0.29, 0.717) is 19.1 Å². The maximum atomic E-state index is 5.87. The van der Waals surface area contributed by atoms with Crippen LogP contribution in [0.5, 0.6) is 0 Å². The lowest BCUT2D eigenvalue weighted by Gasteiger charge is -2.35. The van der Waals surface area contributed by atoms with Crippen LogP contribution in [0.4, 0.5) is 0 Å². The minimum Gasteiger partial charge on any atom is -0.374 e. The molecule has 0 amide bonds. The lowest BCUT2D eigenvalue weighted by Crippen LogP contribution is -2.51. The van der Waals surface area contributed by atoms with Crippen molar-refractivity contribution < 1.29 is 13.3 Å². The average molecular weight is 262 g/mol. The molecule has 0 aromatic rings. The fraction of sp³-hybridized carbons (Fsp3) is 1.00. The van der Waals surface area contributed by atoms with Crippen molar-refractivity contribution in [1.29, 1.82) is 0 Å². The fourth-order valence-corrected chi connectivity index (χ4v) is 4.61. The molecule has 17 heavy (non-hydrogen) atoms. The zero-order valence-corrected chi connectivity index (χ0v) is 12.0. The standard InChI is InChI=1S/C11H26N2O3Si/c1-3-14-17(8-4-6-13-7-5-12)15-9-11(2)10-16-17/h11,13H,3-10,12H2,1-2H3. The van der Waals surface area contributed by atoms with Crippen molar-refractivity contribution in [2.24, 2.45) is 11.7 Å². The molecule has 1 saturated heterocycles. The normalized spacial score (nSPS) is 29.5. The highest BCUT2D eigenvalue weighted by Crippen LogP contribution is 2.23. The van der Waals surface area contributed by atoms with Gasteiger partial charge in [0.2, 0.25) is 0 Å². The molecule has 1 aliphatic heterocycles. The minimum atomic E-state index is -2.36. The second-order valence-corrected chi connectivity index (χ2v) is 7.22. The van der Waals surface area contributed by atoms with Crippen LogP contribution in [0, 0.1) is 5.92 Å². The van der Waals surface area contributed by atoms with Crippen LogP contribution in [0.25, 0.3) is 0 Å². The predicted molar refractivity (Wildman–Crippen MR) is 69.8 cm³/mol. The Morgan fingerprint density at radius 3 is 2.65 bits per heavy atom. The van der Waals surface area contributed by atoms with E-state index in [-0.39, 0.29) is 0 Å². The molecule has 0 spiro atoms. The number of nitrogens with two attached hydrogens (primary N) is 1. The molecule has 0 atom stereocenters. The highest BCUT2D eigenvalue weighted by Gasteiger charge is 2.43. The van der Waals surface area contributed by atoms with Gasteiger partial charge >= 0.3 is 8.80 Å². The van der Waals surface area contributed by atoms with Crippen molar-refractivity contribution in [3.8, 4) is 0 Å². The Bertz CT molecular complexity index is 199. The van der Waals surface area contributed by atoms with E-state index < -0.39 is 8.80 Å². The summed E-state index contributed by atoms with van der Waals surface area (Å²) in [6, 6.07) is 0.894. The van der Waals surface area contributed by atoms with Gasteiger partial charge in [-0.2, -0.15) is 0 Å². The van der Waals surface area contributed by atoms with Gasteiger partial charge in [0.1, 0.15) is 0 Å². The van der Waals surface area contributed by atoms with Gasteiger partial charge in [0.25, 0.3) is 0 Å². The maximum absolute atomic E-state index is 5.87. The Balaban J connectivity index is 2.27. The van der Waals surface area contributed by atoms with Crippen LogP contribution >= 0.6 is 0 Å². The molecule has 102 valence electrons. The van der Waals surface area contributed by atoms with Crippen LogP contribution in [0.1, 0.15) is 20.3 Å². The lowest BCUT2D eigenvalue weighted by atomic mass is 10.2. The molecular formula is C11H26N2O3Si. The summed E-state index contributed by atoms with van der Waals surface area (Å²) in [4.78, 5) is 0. The summed E-state index contributed by atoms with van der Waals surface area (Å²) in [7, 11) is -2.36. The van der Waals surface area contributed by atoms with E-state index in [1.807, 2.05) is 6.92 Å². The van der Waals surface area contributed by atoms with Gasteiger partial charge in [-0.3, -0.25) is 0 Å². The summed E-state index contributed by atoms with van der Waals surface area (Å²) in [5.74, 6) is 0.478. The van der Waals surface area contributed by atoms with Crippen LogP contribution in [0.15, 0.2) is 0 Å². The third kappa shape index (κ3) is 5.46. The van der Waals surface area contributed by atoms with Crippen molar-refractivity contribution in [2.45, 2.75) is 26.3 Å². The third-order valence-corrected chi connectivity index (χ3v) is 5.60. The summed E-state index contributed by atoms with van der Waals surface area (Å²) >= 11 is 0. The van der Waals surface area contributed by atoms with Gasteiger partial charge < -0.3 is 24.3 Å². The minimum absolute atomic E-state index is 0.478. The smallest absolute Gasteiger partial charge is 0.374 e. The van der Waals surface area contributed by atoms with Crippen LogP contribution in [0.2, 0.25) is 6.04 Å². The van der Waals surface area contributed by atoms with Gasteiger partial charge in [0.05, 0.1) is 0 Å². The van der Waals surface area contributed by atoms with Gasteiger partial charge in [-0.25, -0.2) is 0 Å². The zero-order valence-electron chi connectivity index (χ0n) is 11.0. The van der Waals surface area contributed by atoms with E-state index >= 15 is 0 Å². The number of hydrogen-bond acceptors (Lipinski definition) is 5. The Morgan fingerprint density at radius 1 is 1.35 bits per heavy atom. The highest BCUT2D eigenvalue weighted by atomic mass is 28.4. The van der Waals surface area contributed by atoms with E-state index in [1.54, 1.807) is 0 Å². The van der Waals surface area contributed by atoms with Gasteiger partial charge in [-0.15, -0.1) is 0 Å². The molecule has 1 aliphatic rings. The summed E-state index contributed by atoms with van der Waals surface area (Å²) in [6.07, 6.45) is 1.01. The Labute approximate surface area is 105 Å². The molecule has 0 aliphatic carbocycles. The molecule has 1 rings (SSSR count). The first-order valence-electron chi connectivity index (χ1n) is 6.55. The molecule has 0 unspecified atom stereocenters. The Morgan fingerprint density at radius 2 is 2.06 bits per heavy atom. The molecule has 0 aromatic heterocycles. The molecule has 0 aromatic carbocycles. The lowest BCUT2D eigenvalue weighted by molar-refractivity contribution is -0.00278. The summed E-state index contributed by atoms with van der Waals surface area (Å²) in [5, 5.41) is 3.27. The zero-order chi connectivity index (χ0) is 12.6. The molecule has 6 heteroatoms. The van der Waals surface area contributed by atoms with Crippen molar-refractivity contribution >= 4 is 8.80 Å². The summed E-state index contributed by atoms with van der Waals surface area (Å²) < 4.78 is 17.5. The third-order valence-electron chi connectivity index (χ3n) is 2.70.